The summed E-state index contributed by atoms with van der Waals surface area (Å²) in [7, 11) is 1.46. The van der Waals surface area contributed by atoms with Crippen LogP contribution in [0.2, 0.25) is 0 Å². The third kappa shape index (κ3) is 1.95. The second kappa shape index (κ2) is 4.65. The summed E-state index contributed by atoms with van der Waals surface area (Å²) < 4.78 is 4.67. The average Bonchev–Trinajstić information content (AvgIpc) is 2.24. The number of rotatable bonds is 2. The summed E-state index contributed by atoms with van der Waals surface area (Å²) in [6.45, 7) is 3.25. The van der Waals surface area contributed by atoms with Crippen molar-refractivity contribution in [3.63, 3.8) is 0 Å². The number of Topliss-reactive ketones (excluding diaryl/α,β-unsaturated/α-hetero) is 1. The lowest BCUT2D eigenvalue weighted by Gasteiger charge is -2.27. The van der Waals surface area contributed by atoms with Crippen molar-refractivity contribution in [2.75, 3.05) is 13.7 Å². The van der Waals surface area contributed by atoms with Crippen LogP contribution >= 0.6 is 11.6 Å². The van der Waals surface area contributed by atoms with Crippen LogP contribution in [0.15, 0.2) is 10.7 Å². The fourth-order valence-electron chi connectivity index (χ4n) is 1.36. The van der Waals surface area contributed by atoms with Gasteiger partial charge >= 0.3 is 5.97 Å². The summed E-state index contributed by atoms with van der Waals surface area (Å²) in [5.41, 5.74) is 0.345. The van der Waals surface area contributed by atoms with Gasteiger partial charge in [-0.25, -0.2) is 0 Å². The van der Waals surface area contributed by atoms with Crippen LogP contribution in [0.5, 0.6) is 0 Å². The Morgan fingerprint density at radius 3 is 2.56 bits per heavy atom. The quantitative estimate of drug-likeness (QED) is 0.530. The maximum atomic E-state index is 11.7. The number of hydrogen-bond donors (Lipinski definition) is 0. The van der Waals surface area contributed by atoms with E-state index in [0.717, 1.165) is 0 Å². The molecule has 0 aliphatic carbocycles. The molecule has 1 aliphatic heterocycles. The molecule has 1 rings (SSSR count). The number of ether oxygens (including phenoxy) is 1. The lowest BCUT2D eigenvalue weighted by atomic mass is 9.97. The second-order valence-electron chi connectivity index (χ2n) is 3.35. The molecular weight excluding hydrogens is 234 g/mol. The maximum Gasteiger partial charge on any atom is 0.326 e. The first-order valence-corrected chi connectivity index (χ1v) is 5.14. The van der Waals surface area contributed by atoms with Crippen LogP contribution in [-0.2, 0) is 19.1 Å². The Balaban J connectivity index is 3.10. The first-order chi connectivity index (χ1) is 7.41. The topological polar surface area (TPSA) is 63.7 Å². The Labute approximate surface area is 98.0 Å². The van der Waals surface area contributed by atoms with Crippen LogP contribution in [0.4, 0.5) is 0 Å². The lowest BCUT2D eigenvalue weighted by Crippen LogP contribution is -2.45. The number of amides is 1. The minimum Gasteiger partial charge on any atom is -0.465 e. The van der Waals surface area contributed by atoms with Gasteiger partial charge < -0.3 is 9.64 Å². The van der Waals surface area contributed by atoms with E-state index >= 15 is 0 Å². The molecule has 0 aromatic heterocycles. The van der Waals surface area contributed by atoms with Gasteiger partial charge in [-0.05, 0) is 13.8 Å². The highest BCUT2D eigenvalue weighted by atomic mass is 35.5. The van der Waals surface area contributed by atoms with Gasteiger partial charge in [-0.3, -0.25) is 14.4 Å². The van der Waals surface area contributed by atoms with Crippen LogP contribution in [0.3, 0.4) is 0 Å². The van der Waals surface area contributed by atoms with Crippen LogP contribution < -0.4 is 0 Å². The standard InChI is InChI=1S/C10H12ClNO4/c1-4-16-10(15)6-8(13)7(11)5(2)12(3)9(6)14/h6H,4H2,1-3H3. The minimum absolute atomic E-state index is 0.0971. The highest BCUT2D eigenvalue weighted by Gasteiger charge is 2.43. The van der Waals surface area contributed by atoms with Crippen molar-refractivity contribution in [2.24, 2.45) is 5.92 Å². The number of allylic oxidation sites excluding steroid dienone is 2. The molecule has 1 amide bonds. The molecule has 0 bridgehead atoms. The van der Waals surface area contributed by atoms with Gasteiger partial charge in [-0.1, -0.05) is 11.6 Å². The Bertz CT molecular complexity index is 388. The summed E-state index contributed by atoms with van der Waals surface area (Å²) in [4.78, 5) is 36.0. The van der Waals surface area contributed by atoms with E-state index in [1.54, 1.807) is 13.8 Å². The number of halogens is 1. The monoisotopic (exact) mass is 245 g/mol. The van der Waals surface area contributed by atoms with Gasteiger partial charge in [-0.2, -0.15) is 0 Å². The van der Waals surface area contributed by atoms with E-state index in [0.29, 0.717) is 5.70 Å². The van der Waals surface area contributed by atoms with E-state index in [9.17, 15) is 14.4 Å². The molecule has 0 aromatic carbocycles. The summed E-state index contributed by atoms with van der Waals surface area (Å²) in [5, 5.41) is -0.0971. The molecule has 0 fully saturated rings. The molecule has 16 heavy (non-hydrogen) atoms. The molecular formula is C10H12ClNO4. The lowest BCUT2D eigenvalue weighted by molar-refractivity contribution is -0.157. The molecule has 0 saturated heterocycles. The van der Waals surface area contributed by atoms with E-state index in [-0.39, 0.29) is 11.6 Å². The van der Waals surface area contributed by atoms with Gasteiger partial charge in [-0.15, -0.1) is 0 Å². The van der Waals surface area contributed by atoms with Gasteiger partial charge in [0, 0.05) is 12.7 Å². The van der Waals surface area contributed by atoms with Crippen molar-refractivity contribution >= 4 is 29.3 Å². The molecule has 1 atom stereocenters. The number of esters is 1. The normalized spacial score (nSPS) is 21.5. The number of hydrogen-bond acceptors (Lipinski definition) is 4. The highest BCUT2D eigenvalue weighted by molar-refractivity contribution is 6.47. The van der Waals surface area contributed by atoms with Crippen LogP contribution in [0.25, 0.3) is 0 Å². The van der Waals surface area contributed by atoms with Crippen molar-refractivity contribution in [2.45, 2.75) is 13.8 Å². The Kier molecular flexibility index (Phi) is 3.70. The number of carbonyl (C=O) groups is 3. The molecule has 0 N–H and O–H groups in total. The Morgan fingerprint density at radius 2 is 2.06 bits per heavy atom. The van der Waals surface area contributed by atoms with Crippen LogP contribution in [0, 0.1) is 5.92 Å². The SMILES string of the molecule is CCOC(=O)C1C(=O)C(Cl)=C(C)N(C)C1=O. The molecule has 6 heteroatoms. The van der Waals surface area contributed by atoms with E-state index in [2.05, 4.69) is 4.74 Å². The fourth-order valence-corrected chi connectivity index (χ4v) is 1.59. The third-order valence-corrected chi connectivity index (χ3v) is 2.86. The van der Waals surface area contributed by atoms with Crippen molar-refractivity contribution in [1.29, 1.82) is 0 Å². The van der Waals surface area contributed by atoms with Gasteiger partial charge in [0.15, 0.2) is 11.7 Å². The van der Waals surface area contributed by atoms with E-state index in [4.69, 9.17) is 11.6 Å². The highest BCUT2D eigenvalue weighted by Crippen LogP contribution is 2.26. The summed E-state index contributed by atoms with van der Waals surface area (Å²) >= 11 is 5.75. The molecule has 0 aromatic rings. The summed E-state index contributed by atoms with van der Waals surface area (Å²) in [6.07, 6.45) is 0. The van der Waals surface area contributed by atoms with Crippen LogP contribution in [-0.4, -0.2) is 36.2 Å². The number of carbonyl (C=O) groups excluding carboxylic acids is 3. The van der Waals surface area contributed by atoms with E-state index < -0.39 is 23.6 Å². The molecule has 1 aliphatic rings. The fraction of sp³-hybridized carbons (Fsp3) is 0.500. The predicted molar refractivity (Wildman–Crippen MR) is 56.5 cm³/mol. The van der Waals surface area contributed by atoms with Crippen molar-refractivity contribution in [3.8, 4) is 0 Å². The average molecular weight is 246 g/mol. The van der Waals surface area contributed by atoms with E-state index in [1.807, 2.05) is 0 Å². The van der Waals surface area contributed by atoms with Gasteiger partial charge in [0.1, 0.15) is 5.03 Å². The molecule has 0 saturated carbocycles. The second-order valence-corrected chi connectivity index (χ2v) is 3.72. The smallest absolute Gasteiger partial charge is 0.326 e. The molecule has 1 unspecified atom stereocenters. The van der Waals surface area contributed by atoms with Crippen molar-refractivity contribution in [3.05, 3.63) is 10.7 Å². The molecule has 5 nitrogen and oxygen atoms in total. The van der Waals surface area contributed by atoms with E-state index in [1.165, 1.54) is 11.9 Å². The van der Waals surface area contributed by atoms with Gasteiger partial charge in [0.2, 0.25) is 5.91 Å². The maximum absolute atomic E-state index is 11.7. The molecule has 1 heterocycles. The molecule has 0 radical (unpaired) electrons. The number of nitrogens with zero attached hydrogens (tertiary/aromatic N) is 1. The first kappa shape index (κ1) is 12.7. The minimum atomic E-state index is -1.46. The summed E-state index contributed by atoms with van der Waals surface area (Å²) in [6, 6.07) is 0. The third-order valence-electron chi connectivity index (χ3n) is 2.40. The van der Waals surface area contributed by atoms with Crippen molar-refractivity contribution < 1.29 is 19.1 Å². The predicted octanol–water partition coefficient (Wildman–Crippen LogP) is 0.677. The van der Waals surface area contributed by atoms with Gasteiger partial charge in [0.25, 0.3) is 0 Å². The first-order valence-electron chi connectivity index (χ1n) is 4.76. The zero-order valence-electron chi connectivity index (χ0n) is 9.24. The Hall–Kier alpha value is -1.36. The zero-order chi connectivity index (χ0) is 12.5. The zero-order valence-corrected chi connectivity index (χ0v) is 10.00. The van der Waals surface area contributed by atoms with Gasteiger partial charge in [0.05, 0.1) is 6.61 Å². The van der Waals surface area contributed by atoms with Crippen molar-refractivity contribution in [1.82, 2.24) is 4.90 Å². The largest absolute Gasteiger partial charge is 0.465 e. The Morgan fingerprint density at radius 1 is 1.50 bits per heavy atom. The summed E-state index contributed by atoms with van der Waals surface area (Å²) in [5.74, 6) is -3.61. The molecule has 88 valence electrons. The number of ketones is 1. The van der Waals surface area contributed by atoms with Crippen LogP contribution in [0.1, 0.15) is 13.8 Å². The molecule has 0 spiro atoms.